The van der Waals surface area contributed by atoms with Gasteiger partial charge in [-0.2, -0.15) is 0 Å². The van der Waals surface area contributed by atoms with E-state index in [1.807, 2.05) is 0 Å². The van der Waals surface area contributed by atoms with Crippen molar-refractivity contribution in [2.75, 3.05) is 0 Å². The van der Waals surface area contributed by atoms with Crippen molar-refractivity contribution < 1.29 is 29.8 Å². The number of amides is 1. The van der Waals surface area contributed by atoms with Gasteiger partial charge >= 0.3 is 11.9 Å². The molecule has 1 atom stereocenters. The SMILES string of the molecule is O=C(Cc1ccc(CC(Cc2cccc(C(=O)O)c2)C(=O)O)cc1)NO. The van der Waals surface area contributed by atoms with E-state index in [0.717, 1.165) is 5.56 Å². The second kappa shape index (κ2) is 8.77. The number of carboxylic acids is 2. The summed E-state index contributed by atoms with van der Waals surface area (Å²) in [7, 11) is 0. The molecule has 7 nitrogen and oxygen atoms in total. The van der Waals surface area contributed by atoms with Crippen molar-refractivity contribution in [3.8, 4) is 0 Å². The van der Waals surface area contributed by atoms with Crippen LogP contribution in [0.5, 0.6) is 0 Å². The van der Waals surface area contributed by atoms with E-state index in [-0.39, 0.29) is 24.8 Å². The van der Waals surface area contributed by atoms with Crippen LogP contribution < -0.4 is 5.48 Å². The molecule has 136 valence electrons. The number of hydroxylamine groups is 1. The molecule has 2 rings (SSSR count). The average Bonchev–Trinajstić information content (AvgIpc) is 2.62. The van der Waals surface area contributed by atoms with Gasteiger partial charge in [-0.3, -0.25) is 14.8 Å². The van der Waals surface area contributed by atoms with E-state index < -0.39 is 23.8 Å². The summed E-state index contributed by atoms with van der Waals surface area (Å²) in [5.41, 5.74) is 3.81. The van der Waals surface area contributed by atoms with Gasteiger partial charge in [0.15, 0.2) is 0 Å². The first-order valence-corrected chi connectivity index (χ1v) is 7.95. The van der Waals surface area contributed by atoms with Crippen LogP contribution >= 0.6 is 0 Å². The Kier molecular flexibility index (Phi) is 6.46. The molecule has 0 aliphatic carbocycles. The van der Waals surface area contributed by atoms with Gasteiger partial charge in [0, 0.05) is 0 Å². The predicted molar refractivity (Wildman–Crippen MR) is 92.0 cm³/mol. The van der Waals surface area contributed by atoms with Crippen LogP contribution in [0.15, 0.2) is 48.5 Å². The molecular weight excluding hydrogens is 338 g/mol. The van der Waals surface area contributed by atoms with Crippen molar-refractivity contribution in [3.63, 3.8) is 0 Å². The third-order valence-electron chi connectivity index (χ3n) is 4.00. The molecule has 7 heteroatoms. The van der Waals surface area contributed by atoms with E-state index in [1.165, 1.54) is 12.1 Å². The second-order valence-corrected chi connectivity index (χ2v) is 5.98. The highest BCUT2D eigenvalue weighted by atomic mass is 16.5. The number of aliphatic carboxylic acids is 1. The number of carboxylic acid groups (broad SMARTS) is 2. The summed E-state index contributed by atoms with van der Waals surface area (Å²) in [6.45, 7) is 0. The van der Waals surface area contributed by atoms with E-state index in [4.69, 9.17) is 10.3 Å². The van der Waals surface area contributed by atoms with Gasteiger partial charge in [0.2, 0.25) is 5.91 Å². The van der Waals surface area contributed by atoms with Crippen LogP contribution in [0.1, 0.15) is 27.0 Å². The first kappa shape index (κ1) is 19.1. The van der Waals surface area contributed by atoms with Gasteiger partial charge in [-0.1, -0.05) is 36.4 Å². The zero-order chi connectivity index (χ0) is 19.1. The summed E-state index contributed by atoms with van der Waals surface area (Å²) in [6.07, 6.45) is 0.519. The Labute approximate surface area is 149 Å². The Hall–Kier alpha value is -3.19. The quantitative estimate of drug-likeness (QED) is 0.423. The van der Waals surface area contributed by atoms with Crippen LogP contribution in [0.3, 0.4) is 0 Å². The van der Waals surface area contributed by atoms with Crippen molar-refractivity contribution in [3.05, 3.63) is 70.8 Å². The van der Waals surface area contributed by atoms with Crippen molar-refractivity contribution in [2.45, 2.75) is 19.3 Å². The molecule has 0 fully saturated rings. The maximum atomic E-state index is 11.6. The average molecular weight is 357 g/mol. The smallest absolute Gasteiger partial charge is 0.335 e. The third-order valence-corrected chi connectivity index (χ3v) is 4.00. The van der Waals surface area contributed by atoms with Crippen LogP contribution in [0.4, 0.5) is 0 Å². The summed E-state index contributed by atoms with van der Waals surface area (Å²) in [5.74, 6) is -3.25. The maximum Gasteiger partial charge on any atom is 0.335 e. The predicted octanol–water partition coefficient (Wildman–Crippen LogP) is 1.92. The van der Waals surface area contributed by atoms with E-state index in [0.29, 0.717) is 11.1 Å². The van der Waals surface area contributed by atoms with Crippen LogP contribution in [0.2, 0.25) is 0 Å². The molecule has 0 heterocycles. The van der Waals surface area contributed by atoms with Gasteiger partial charge in [-0.25, -0.2) is 10.3 Å². The molecule has 26 heavy (non-hydrogen) atoms. The van der Waals surface area contributed by atoms with Crippen LogP contribution in [0, 0.1) is 5.92 Å². The number of carbonyl (C=O) groups is 3. The largest absolute Gasteiger partial charge is 0.481 e. The number of nitrogens with one attached hydrogen (secondary N) is 1. The number of carbonyl (C=O) groups excluding carboxylic acids is 1. The minimum Gasteiger partial charge on any atom is -0.481 e. The molecule has 2 aromatic rings. The minimum absolute atomic E-state index is 0.0289. The number of hydrogen-bond acceptors (Lipinski definition) is 4. The van der Waals surface area contributed by atoms with E-state index in [1.54, 1.807) is 41.9 Å². The molecule has 0 aliphatic heterocycles. The Morgan fingerprint density at radius 2 is 1.50 bits per heavy atom. The normalized spacial score (nSPS) is 11.6. The topological polar surface area (TPSA) is 124 Å². The van der Waals surface area contributed by atoms with Crippen molar-refractivity contribution in [1.82, 2.24) is 5.48 Å². The highest BCUT2D eigenvalue weighted by Gasteiger charge is 2.19. The molecule has 0 saturated carbocycles. The van der Waals surface area contributed by atoms with Crippen LogP contribution in [0.25, 0.3) is 0 Å². The highest BCUT2D eigenvalue weighted by Crippen LogP contribution is 2.17. The van der Waals surface area contributed by atoms with Crippen molar-refractivity contribution in [1.29, 1.82) is 0 Å². The lowest BCUT2D eigenvalue weighted by molar-refractivity contribution is -0.141. The fourth-order valence-corrected chi connectivity index (χ4v) is 2.67. The van der Waals surface area contributed by atoms with Gasteiger partial charge in [0.05, 0.1) is 17.9 Å². The fraction of sp³-hybridized carbons (Fsp3) is 0.211. The van der Waals surface area contributed by atoms with Crippen molar-refractivity contribution >= 4 is 17.8 Å². The van der Waals surface area contributed by atoms with Crippen molar-refractivity contribution in [2.24, 2.45) is 5.92 Å². The van der Waals surface area contributed by atoms with E-state index >= 15 is 0 Å². The molecule has 1 unspecified atom stereocenters. The van der Waals surface area contributed by atoms with E-state index in [9.17, 15) is 19.5 Å². The first-order chi connectivity index (χ1) is 12.4. The number of hydrogen-bond donors (Lipinski definition) is 4. The summed E-state index contributed by atoms with van der Waals surface area (Å²) < 4.78 is 0. The van der Waals surface area contributed by atoms with Gasteiger partial charge in [-0.15, -0.1) is 0 Å². The maximum absolute atomic E-state index is 11.6. The third kappa shape index (κ3) is 5.42. The zero-order valence-corrected chi connectivity index (χ0v) is 13.9. The molecule has 0 radical (unpaired) electrons. The molecular formula is C19H19NO6. The zero-order valence-electron chi connectivity index (χ0n) is 13.9. The fourth-order valence-electron chi connectivity index (χ4n) is 2.67. The number of benzene rings is 2. The van der Waals surface area contributed by atoms with Crippen LogP contribution in [-0.4, -0.2) is 33.3 Å². The number of rotatable bonds is 8. The Morgan fingerprint density at radius 1 is 0.885 bits per heavy atom. The highest BCUT2D eigenvalue weighted by molar-refractivity contribution is 5.87. The monoisotopic (exact) mass is 357 g/mol. The minimum atomic E-state index is -1.05. The molecule has 0 spiro atoms. The molecule has 0 aromatic heterocycles. The molecule has 0 aliphatic rings. The van der Waals surface area contributed by atoms with Crippen LogP contribution in [-0.2, 0) is 28.9 Å². The molecule has 0 bridgehead atoms. The lowest BCUT2D eigenvalue weighted by atomic mass is 9.91. The van der Waals surface area contributed by atoms with Gasteiger partial charge in [0.25, 0.3) is 0 Å². The summed E-state index contributed by atoms with van der Waals surface area (Å²) in [5, 5.41) is 27.0. The summed E-state index contributed by atoms with van der Waals surface area (Å²) in [4.78, 5) is 33.7. The van der Waals surface area contributed by atoms with E-state index in [2.05, 4.69) is 0 Å². The molecule has 0 saturated heterocycles. The molecule has 4 N–H and O–H groups in total. The molecule has 2 aromatic carbocycles. The van der Waals surface area contributed by atoms with Gasteiger partial charge < -0.3 is 10.2 Å². The Morgan fingerprint density at radius 3 is 2.08 bits per heavy atom. The Balaban J connectivity index is 2.08. The van der Waals surface area contributed by atoms with Gasteiger partial charge in [0.1, 0.15) is 0 Å². The Bertz CT molecular complexity index is 800. The molecule has 1 amide bonds. The second-order valence-electron chi connectivity index (χ2n) is 5.98. The number of aromatic carboxylic acids is 1. The summed E-state index contributed by atoms with van der Waals surface area (Å²) >= 11 is 0. The lowest BCUT2D eigenvalue weighted by Gasteiger charge is -2.13. The van der Waals surface area contributed by atoms with Gasteiger partial charge in [-0.05, 0) is 41.7 Å². The standard InChI is InChI=1S/C19H19NO6/c21-17(20-26)11-13-6-4-12(5-7-13)8-16(19(24)25)10-14-2-1-3-15(9-14)18(22)23/h1-7,9,16,26H,8,10-11H2,(H,20,21)(H,22,23)(H,24,25). The first-order valence-electron chi connectivity index (χ1n) is 7.95. The summed E-state index contributed by atoms with van der Waals surface area (Å²) in [6, 6.07) is 13.1. The lowest BCUT2D eigenvalue weighted by Crippen LogP contribution is -2.21.